The van der Waals surface area contributed by atoms with E-state index in [0.717, 1.165) is 32.0 Å². The predicted octanol–water partition coefficient (Wildman–Crippen LogP) is 1.49. The van der Waals surface area contributed by atoms with Gasteiger partial charge in [0, 0.05) is 25.2 Å². The fourth-order valence-corrected chi connectivity index (χ4v) is 2.64. The molecule has 1 saturated carbocycles. The Morgan fingerprint density at radius 2 is 1.95 bits per heavy atom. The van der Waals surface area contributed by atoms with Crippen molar-refractivity contribution >= 4 is 17.5 Å². The molecule has 5 nitrogen and oxygen atoms in total. The van der Waals surface area contributed by atoms with Gasteiger partial charge in [-0.1, -0.05) is 11.6 Å². The Bertz CT molecular complexity index is 452. The van der Waals surface area contributed by atoms with Crippen molar-refractivity contribution in [1.82, 2.24) is 20.2 Å². The minimum Gasteiger partial charge on any atom is -0.348 e. The number of nitrogens with zero attached hydrogens (tertiary/aromatic N) is 3. The number of carbonyl (C=O) groups is 1. The van der Waals surface area contributed by atoms with Crippen LogP contribution in [0.2, 0.25) is 5.15 Å². The lowest BCUT2D eigenvalue weighted by Crippen LogP contribution is -2.45. The van der Waals surface area contributed by atoms with Crippen molar-refractivity contribution < 1.29 is 4.79 Å². The quantitative estimate of drug-likeness (QED) is 0.911. The first-order valence-corrected chi connectivity index (χ1v) is 7.12. The number of likely N-dealkylation sites (tertiary alicyclic amines) is 1. The zero-order valence-corrected chi connectivity index (χ0v) is 11.4. The van der Waals surface area contributed by atoms with Crippen LogP contribution in [0.1, 0.15) is 36.2 Å². The largest absolute Gasteiger partial charge is 0.348 e. The molecular formula is C13H17ClN4O. The van der Waals surface area contributed by atoms with Gasteiger partial charge in [0.15, 0.2) is 0 Å². The first-order valence-electron chi connectivity index (χ1n) is 6.75. The van der Waals surface area contributed by atoms with Crippen molar-refractivity contribution in [2.24, 2.45) is 0 Å². The average Bonchev–Trinajstić information content (AvgIpc) is 3.25. The van der Waals surface area contributed by atoms with Crippen LogP contribution in [-0.4, -0.2) is 45.9 Å². The molecule has 1 N–H and O–H groups in total. The normalized spacial score (nSPS) is 21.3. The summed E-state index contributed by atoms with van der Waals surface area (Å²) in [6, 6.07) is 1.07. The second-order valence-corrected chi connectivity index (χ2v) is 5.63. The average molecular weight is 281 g/mol. The van der Waals surface area contributed by atoms with Gasteiger partial charge in [-0.3, -0.25) is 4.79 Å². The molecule has 0 unspecified atom stereocenters. The van der Waals surface area contributed by atoms with Crippen LogP contribution in [0.3, 0.4) is 0 Å². The van der Waals surface area contributed by atoms with Crippen LogP contribution in [0.5, 0.6) is 0 Å². The number of piperidine rings is 1. The van der Waals surface area contributed by atoms with Gasteiger partial charge in [-0.2, -0.15) is 0 Å². The number of nitrogens with one attached hydrogen (secondary N) is 1. The molecule has 1 aliphatic carbocycles. The highest BCUT2D eigenvalue weighted by Crippen LogP contribution is 2.29. The molecule has 2 heterocycles. The lowest BCUT2D eigenvalue weighted by molar-refractivity contribution is 0.0903. The van der Waals surface area contributed by atoms with Crippen LogP contribution in [0.25, 0.3) is 0 Å². The van der Waals surface area contributed by atoms with Crippen molar-refractivity contribution in [1.29, 1.82) is 0 Å². The van der Waals surface area contributed by atoms with E-state index in [1.165, 1.54) is 25.2 Å². The summed E-state index contributed by atoms with van der Waals surface area (Å²) in [4.78, 5) is 22.4. The molecule has 1 saturated heterocycles. The monoisotopic (exact) mass is 280 g/mol. The third kappa shape index (κ3) is 3.22. The van der Waals surface area contributed by atoms with Gasteiger partial charge >= 0.3 is 0 Å². The number of aromatic nitrogens is 2. The van der Waals surface area contributed by atoms with Gasteiger partial charge in [0.25, 0.3) is 5.91 Å². The lowest BCUT2D eigenvalue weighted by atomic mass is 10.0. The van der Waals surface area contributed by atoms with E-state index in [0.29, 0.717) is 10.8 Å². The number of hydrogen-bond acceptors (Lipinski definition) is 4. The van der Waals surface area contributed by atoms with Gasteiger partial charge in [-0.25, -0.2) is 9.97 Å². The molecule has 1 amide bonds. The van der Waals surface area contributed by atoms with Gasteiger partial charge in [-0.05, 0) is 25.7 Å². The number of hydrogen-bond donors (Lipinski definition) is 1. The third-order valence-corrected chi connectivity index (χ3v) is 3.98. The molecule has 0 bridgehead atoms. The zero-order valence-electron chi connectivity index (χ0n) is 10.7. The second kappa shape index (κ2) is 5.43. The standard InChI is InChI=1S/C13H17ClN4O/c14-12-8-15-11(7-16-12)13(19)17-9-3-5-18(6-4-9)10-1-2-10/h7-10H,1-6H2,(H,17,19). The van der Waals surface area contributed by atoms with Crippen LogP contribution in [0.15, 0.2) is 12.4 Å². The Hall–Kier alpha value is -1.20. The molecule has 19 heavy (non-hydrogen) atoms. The fourth-order valence-electron chi connectivity index (χ4n) is 2.54. The zero-order chi connectivity index (χ0) is 13.2. The maximum absolute atomic E-state index is 12.0. The van der Waals surface area contributed by atoms with E-state index in [4.69, 9.17) is 11.6 Å². The third-order valence-electron chi connectivity index (χ3n) is 3.78. The van der Waals surface area contributed by atoms with Gasteiger partial charge in [-0.15, -0.1) is 0 Å². The summed E-state index contributed by atoms with van der Waals surface area (Å²) in [6.45, 7) is 2.17. The first-order chi connectivity index (χ1) is 9.22. The Balaban J connectivity index is 1.51. The van der Waals surface area contributed by atoms with Crippen LogP contribution in [-0.2, 0) is 0 Å². The number of carbonyl (C=O) groups excluding carboxylic acids is 1. The Morgan fingerprint density at radius 1 is 1.21 bits per heavy atom. The van der Waals surface area contributed by atoms with Gasteiger partial charge < -0.3 is 10.2 Å². The minimum absolute atomic E-state index is 0.158. The van der Waals surface area contributed by atoms with Crippen molar-refractivity contribution in [3.63, 3.8) is 0 Å². The van der Waals surface area contributed by atoms with E-state index < -0.39 is 0 Å². The Morgan fingerprint density at radius 3 is 2.53 bits per heavy atom. The molecule has 0 radical (unpaired) electrons. The Kier molecular flexibility index (Phi) is 3.66. The summed E-state index contributed by atoms with van der Waals surface area (Å²) in [5, 5.41) is 3.32. The molecule has 2 aliphatic rings. The van der Waals surface area contributed by atoms with Gasteiger partial charge in [0.05, 0.1) is 12.4 Å². The highest BCUT2D eigenvalue weighted by molar-refractivity contribution is 6.29. The van der Waals surface area contributed by atoms with Crippen molar-refractivity contribution in [2.45, 2.75) is 37.8 Å². The van der Waals surface area contributed by atoms with E-state index in [1.54, 1.807) is 0 Å². The van der Waals surface area contributed by atoms with Gasteiger partial charge in [0.2, 0.25) is 0 Å². The summed E-state index contributed by atoms with van der Waals surface area (Å²) in [7, 11) is 0. The van der Waals surface area contributed by atoms with Crippen LogP contribution >= 0.6 is 11.6 Å². The van der Waals surface area contributed by atoms with Gasteiger partial charge in [0.1, 0.15) is 10.8 Å². The van der Waals surface area contributed by atoms with E-state index in [9.17, 15) is 4.79 Å². The summed E-state index contributed by atoms with van der Waals surface area (Å²) in [5.74, 6) is -0.158. The van der Waals surface area contributed by atoms with E-state index >= 15 is 0 Å². The lowest BCUT2D eigenvalue weighted by Gasteiger charge is -2.32. The maximum Gasteiger partial charge on any atom is 0.271 e. The van der Waals surface area contributed by atoms with E-state index in [-0.39, 0.29) is 11.9 Å². The SMILES string of the molecule is O=C(NC1CCN(C2CC2)CC1)c1cnc(Cl)cn1. The van der Waals surface area contributed by atoms with E-state index in [2.05, 4.69) is 20.2 Å². The fraction of sp³-hybridized carbons (Fsp3) is 0.615. The smallest absolute Gasteiger partial charge is 0.271 e. The molecule has 3 rings (SSSR count). The molecule has 102 valence electrons. The molecular weight excluding hydrogens is 264 g/mol. The van der Waals surface area contributed by atoms with Crippen LogP contribution < -0.4 is 5.32 Å². The highest BCUT2D eigenvalue weighted by Gasteiger charge is 2.32. The van der Waals surface area contributed by atoms with Crippen molar-refractivity contribution in [3.8, 4) is 0 Å². The molecule has 1 aromatic rings. The first kappa shape index (κ1) is 12.8. The number of rotatable bonds is 3. The number of amides is 1. The van der Waals surface area contributed by atoms with Crippen LogP contribution in [0, 0.1) is 0 Å². The maximum atomic E-state index is 12.0. The van der Waals surface area contributed by atoms with Crippen molar-refractivity contribution in [3.05, 3.63) is 23.2 Å². The van der Waals surface area contributed by atoms with Crippen molar-refractivity contribution in [2.75, 3.05) is 13.1 Å². The summed E-state index contributed by atoms with van der Waals surface area (Å²) in [6.07, 6.45) is 7.53. The van der Waals surface area contributed by atoms with Crippen LogP contribution in [0.4, 0.5) is 0 Å². The highest BCUT2D eigenvalue weighted by atomic mass is 35.5. The summed E-state index contributed by atoms with van der Waals surface area (Å²) >= 11 is 5.65. The predicted molar refractivity (Wildman–Crippen MR) is 72.1 cm³/mol. The summed E-state index contributed by atoms with van der Waals surface area (Å²) in [5.41, 5.74) is 0.328. The summed E-state index contributed by atoms with van der Waals surface area (Å²) < 4.78 is 0. The number of halogens is 1. The molecule has 2 fully saturated rings. The minimum atomic E-state index is -0.158. The second-order valence-electron chi connectivity index (χ2n) is 5.24. The van der Waals surface area contributed by atoms with E-state index in [1.807, 2.05) is 0 Å². The molecule has 6 heteroatoms. The topological polar surface area (TPSA) is 58.1 Å². The Labute approximate surface area is 117 Å². The molecule has 0 atom stereocenters. The molecule has 0 aromatic carbocycles. The molecule has 1 aliphatic heterocycles. The molecule has 0 spiro atoms. The molecule has 1 aromatic heterocycles.